The van der Waals surface area contributed by atoms with Gasteiger partial charge in [0.1, 0.15) is 5.65 Å². The number of benzene rings is 1. The zero-order chi connectivity index (χ0) is 16.6. The molecule has 0 spiro atoms. The number of pyridine rings is 1. The lowest BCUT2D eigenvalue weighted by atomic mass is 10.1. The average Bonchev–Trinajstić information content (AvgIpc) is 2.85. The third kappa shape index (κ3) is 2.78. The van der Waals surface area contributed by atoms with Gasteiger partial charge in [0.05, 0.1) is 29.4 Å². The fraction of sp³-hybridized carbons (Fsp3) is 0.176. The van der Waals surface area contributed by atoms with Gasteiger partial charge in [0.25, 0.3) is 0 Å². The van der Waals surface area contributed by atoms with Crippen molar-refractivity contribution in [1.82, 2.24) is 9.38 Å². The number of rotatable bonds is 2. The standard InChI is InChI=1S/C17H12F3N3/c1-11-2-7-15-22-16(14(8-9-21)23(15)10-11)12-3-5-13(6-4-12)17(18,19)20/h2-7,10H,8H2,1H3. The number of aryl methyl sites for hydroxylation is 1. The van der Waals surface area contributed by atoms with Gasteiger partial charge in [0, 0.05) is 11.8 Å². The van der Waals surface area contributed by atoms with E-state index in [9.17, 15) is 13.2 Å². The molecule has 0 aliphatic rings. The smallest absolute Gasteiger partial charge is 0.302 e. The van der Waals surface area contributed by atoms with Gasteiger partial charge in [-0.25, -0.2) is 4.98 Å². The van der Waals surface area contributed by atoms with Crippen molar-refractivity contribution >= 4 is 5.65 Å². The Hall–Kier alpha value is -2.81. The summed E-state index contributed by atoms with van der Waals surface area (Å²) in [6.07, 6.45) is -2.38. The SMILES string of the molecule is Cc1ccc2nc(-c3ccc(C(F)(F)F)cc3)c(CC#N)n2c1. The van der Waals surface area contributed by atoms with Crippen molar-refractivity contribution in [2.75, 3.05) is 0 Å². The first-order chi connectivity index (χ1) is 10.9. The minimum Gasteiger partial charge on any atom is -0.302 e. The summed E-state index contributed by atoms with van der Waals surface area (Å²) in [5.74, 6) is 0. The maximum atomic E-state index is 12.7. The van der Waals surface area contributed by atoms with Crippen LogP contribution in [0.2, 0.25) is 0 Å². The molecule has 116 valence electrons. The molecule has 6 heteroatoms. The monoisotopic (exact) mass is 315 g/mol. The Morgan fingerprint density at radius 3 is 2.43 bits per heavy atom. The molecule has 0 bridgehead atoms. The van der Waals surface area contributed by atoms with Crippen LogP contribution in [0.5, 0.6) is 0 Å². The highest BCUT2D eigenvalue weighted by Crippen LogP contribution is 2.32. The summed E-state index contributed by atoms with van der Waals surface area (Å²) in [6, 6.07) is 10.6. The van der Waals surface area contributed by atoms with Gasteiger partial charge in [-0.05, 0) is 30.7 Å². The maximum Gasteiger partial charge on any atom is 0.416 e. The number of aromatic nitrogens is 2. The van der Waals surface area contributed by atoms with Crippen molar-refractivity contribution in [3.63, 3.8) is 0 Å². The van der Waals surface area contributed by atoms with E-state index in [0.29, 0.717) is 22.6 Å². The van der Waals surface area contributed by atoms with E-state index in [-0.39, 0.29) is 6.42 Å². The Kier molecular flexibility index (Phi) is 3.57. The van der Waals surface area contributed by atoms with Crippen LogP contribution in [0.1, 0.15) is 16.8 Å². The van der Waals surface area contributed by atoms with Crippen LogP contribution in [0.4, 0.5) is 13.2 Å². The summed E-state index contributed by atoms with van der Waals surface area (Å²) in [7, 11) is 0. The van der Waals surface area contributed by atoms with E-state index in [1.165, 1.54) is 12.1 Å². The molecule has 0 atom stereocenters. The van der Waals surface area contributed by atoms with Gasteiger partial charge < -0.3 is 4.40 Å². The predicted octanol–water partition coefficient (Wildman–Crippen LogP) is 4.39. The molecule has 3 rings (SSSR count). The van der Waals surface area contributed by atoms with Gasteiger partial charge in [-0.3, -0.25) is 0 Å². The van der Waals surface area contributed by atoms with Gasteiger partial charge in [-0.15, -0.1) is 0 Å². The maximum absolute atomic E-state index is 12.7. The van der Waals surface area contributed by atoms with Crippen molar-refractivity contribution in [3.05, 3.63) is 59.4 Å². The molecular formula is C17H12F3N3. The highest BCUT2D eigenvalue weighted by molar-refractivity contribution is 5.67. The Balaban J connectivity index is 2.16. The number of nitrogens with zero attached hydrogens (tertiary/aromatic N) is 3. The van der Waals surface area contributed by atoms with E-state index in [0.717, 1.165) is 17.7 Å². The van der Waals surface area contributed by atoms with Gasteiger partial charge in [-0.1, -0.05) is 18.2 Å². The zero-order valence-electron chi connectivity index (χ0n) is 12.2. The van der Waals surface area contributed by atoms with Crippen molar-refractivity contribution in [2.45, 2.75) is 19.5 Å². The molecule has 1 aromatic carbocycles. The number of hydrogen-bond donors (Lipinski definition) is 0. The van der Waals surface area contributed by atoms with E-state index >= 15 is 0 Å². The molecule has 2 heterocycles. The summed E-state index contributed by atoms with van der Waals surface area (Å²) in [5.41, 5.74) is 2.73. The predicted molar refractivity (Wildman–Crippen MR) is 79.7 cm³/mol. The molecule has 3 aromatic rings. The molecule has 0 aliphatic carbocycles. The first-order valence-corrected chi connectivity index (χ1v) is 6.92. The molecule has 0 saturated carbocycles. The Bertz CT molecular complexity index is 900. The second-order valence-electron chi connectivity index (χ2n) is 5.25. The van der Waals surface area contributed by atoms with Gasteiger partial charge in [-0.2, -0.15) is 18.4 Å². The van der Waals surface area contributed by atoms with Crippen LogP contribution < -0.4 is 0 Å². The lowest BCUT2D eigenvalue weighted by Gasteiger charge is -2.07. The Labute approximate surface area is 130 Å². The van der Waals surface area contributed by atoms with Crippen molar-refractivity contribution < 1.29 is 13.2 Å². The van der Waals surface area contributed by atoms with Crippen molar-refractivity contribution in [1.29, 1.82) is 5.26 Å². The van der Waals surface area contributed by atoms with Crippen LogP contribution in [0, 0.1) is 18.3 Å². The molecule has 0 N–H and O–H groups in total. The minimum absolute atomic E-state index is 0.126. The molecule has 0 unspecified atom stereocenters. The third-order valence-corrected chi connectivity index (χ3v) is 3.60. The van der Waals surface area contributed by atoms with Gasteiger partial charge in [0.2, 0.25) is 0 Å². The van der Waals surface area contributed by atoms with E-state index in [2.05, 4.69) is 11.1 Å². The molecule has 23 heavy (non-hydrogen) atoms. The van der Waals surface area contributed by atoms with Crippen LogP contribution in [0.3, 0.4) is 0 Å². The topological polar surface area (TPSA) is 41.1 Å². The fourth-order valence-electron chi connectivity index (χ4n) is 2.49. The Morgan fingerprint density at radius 2 is 1.83 bits per heavy atom. The molecule has 2 aromatic heterocycles. The molecule has 0 fully saturated rings. The largest absolute Gasteiger partial charge is 0.416 e. The first kappa shape index (κ1) is 15.1. The van der Waals surface area contributed by atoms with Crippen LogP contribution in [-0.4, -0.2) is 9.38 Å². The van der Waals surface area contributed by atoms with E-state index < -0.39 is 11.7 Å². The van der Waals surface area contributed by atoms with Gasteiger partial charge in [0.15, 0.2) is 0 Å². The van der Waals surface area contributed by atoms with E-state index in [4.69, 9.17) is 5.26 Å². The van der Waals surface area contributed by atoms with Crippen molar-refractivity contribution in [3.8, 4) is 17.3 Å². The summed E-state index contributed by atoms with van der Waals surface area (Å²) in [6.45, 7) is 1.92. The fourth-order valence-corrected chi connectivity index (χ4v) is 2.49. The summed E-state index contributed by atoms with van der Waals surface area (Å²) >= 11 is 0. The molecule has 0 saturated heterocycles. The summed E-state index contributed by atoms with van der Waals surface area (Å²) < 4.78 is 39.8. The third-order valence-electron chi connectivity index (χ3n) is 3.60. The number of alkyl halides is 3. The molecule has 3 nitrogen and oxygen atoms in total. The first-order valence-electron chi connectivity index (χ1n) is 6.92. The summed E-state index contributed by atoms with van der Waals surface area (Å²) in [4.78, 5) is 4.47. The second kappa shape index (κ2) is 5.43. The van der Waals surface area contributed by atoms with E-state index in [1.54, 1.807) is 0 Å². The molecule has 0 radical (unpaired) electrons. The van der Waals surface area contributed by atoms with Crippen LogP contribution in [0.15, 0.2) is 42.6 Å². The highest BCUT2D eigenvalue weighted by atomic mass is 19.4. The molecule has 0 amide bonds. The molecular weight excluding hydrogens is 303 g/mol. The van der Waals surface area contributed by atoms with E-state index in [1.807, 2.05) is 29.7 Å². The normalized spacial score (nSPS) is 11.6. The van der Waals surface area contributed by atoms with Crippen LogP contribution in [-0.2, 0) is 12.6 Å². The Morgan fingerprint density at radius 1 is 1.13 bits per heavy atom. The average molecular weight is 315 g/mol. The van der Waals surface area contributed by atoms with Gasteiger partial charge >= 0.3 is 6.18 Å². The number of halogens is 3. The van der Waals surface area contributed by atoms with Crippen LogP contribution in [0.25, 0.3) is 16.9 Å². The summed E-state index contributed by atoms with van der Waals surface area (Å²) in [5, 5.41) is 9.05. The highest BCUT2D eigenvalue weighted by Gasteiger charge is 2.30. The number of hydrogen-bond acceptors (Lipinski definition) is 2. The number of imidazole rings is 1. The zero-order valence-corrected chi connectivity index (χ0v) is 12.2. The minimum atomic E-state index is -4.37. The quantitative estimate of drug-likeness (QED) is 0.703. The lowest BCUT2D eigenvalue weighted by Crippen LogP contribution is -2.04. The van der Waals surface area contributed by atoms with Crippen LogP contribution >= 0.6 is 0 Å². The number of fused-ring (bicyclic) bond motifs is 1. The second-order valence-corrected chi connectivity index (χ2v) is 5.25. The number of nitriles is 1. The lowest BCUT2D eigenvalue weighted by molar-refractivity contribution is -0.137. The van der Waals surface area contributed by atoms with Crippen molar-refractivity contribution in [2.24, 2.45) is 0 Å². The molecule has 0 aliphatic heterocycles.